The Hall–Kier alpha value is -0.330. The van der Waals surface area contributed by atoms with Gasteiger partial charge in [0.05, 0.1) is 0 Å². The van der Waals surface area contributed by atoms with Crippen molar-refractivity contribution in [3.63, 3.8) is 0 Å². The molecule has 80 valence electrons. The lowest BCUT2D eigenvalue weighted by Gasteiger charge is -2.28. The van der Waals surface area contributed by atoms with E-state index in [0.717, 1.165) is 30.2 Å². The first-order chi connectivity index (χ1) is 6.68. The fourth-order valence-corrected chi connectivity index (χ4v) is 2.58. The van der Waals surface area contributed by atoms with Crippen LogP contribution < -0.4 is 0 Å². The number of hydrogen-bond donors (Lipinski definition) is 0. The van der Waals surface area contributed by atoms with E-state index in [1.165, 1.54) is 31.4 Å². The summed E-state index contributed by atoms with van der Waals surface area (Å²) in [5.74, 6) is 3.52. The van der Waals surface area contributed by atoms with Crippen LogP contribution in [0.5, 0.6) is 0 Å². The number of rotatable bonds is 3. The van der Waals surface area contributed by atoms with Crippen LogP contribution >= 0.6 is 0 Å². The first kappa shape index (κ1) is 10.2. The van der Waals surface area contributed by atoms with E-state index in [0.29, 0.717) is 0 Å². The average molecular weight is 193 g/mol. The highest BCUT2D eigenvalue weighted by atomic mass is 14.8. The topological polar surface area (TPSA) is 12.4 Å². The molecule has 0 aromatic carbocycles. The van der Waals surface area contributed by atoms with E-state index in [1.54, 1.807) is 0 Å². The normalized spacial score (nSPS) is 30.3. The van der Waals surface area contributed by atoms with Crippen molar-refractivity contribution in [1.82, 2.24) is 0 Å². The van der Waals surface area contributed by atoms with Gasteiger partial charge in [0, 0.05) is 12.3 Å². The zero-order valence-corrected chi connectivity index (χ0v) is 9.79. The first-order valence-electron chi connectivity index (χ1n) is 6.21. The summed E-state index contributed by atoms with van der Waals surface area (Å²) in [7, 11) is 0. The molecule has 2 aliphatic rings. The zero-order chi connectivity index (χ0) is 10.1. The van der Waals surface area contributed by atoms with Crippen molar-refractivity contribution in [2.75, 3.05) is 6.54 Å². The van der Waals surface area contributed by atoms with Crippen molar-refractivity contribution in [2.45, 2.75) is 46.5 Å². The Labute approximate surface area is 88.0 Å². The molecule has 1 fully saturated rings. The maximum atomic E-state index is 4.74. The Morgan fingerprint density at radius 1 is 1.07 bits per heavy atom. The molecule has 1 nitrogen and oxygen atoms in total. The van der Waals surface area contributed by atoms with Gasteiger partial charge in [-0.3, -0.25) is 4.99 Å². The average Bonchev–Trinajstić information content (AvgIpc) is 3.00. The van der Waals surface area contributed by atoms with Crippen LogP contribution in [0.3, 0.4) is 0 Å². The Bertz CT molecular complexity index is 225. The first-order valence-corrected chi connectivity index (χ1v) is 6.21. The van der Waals surface area contributed by atoms with Crippen LogP contribution in [-0.4, -0.2) is 12.3 Å². The molecule has 2 rings (SSSR count). The lowest BCUT2D eigenvalue weighted by molar-refractivity contribution is 0.358. The molecule has 0 saturated heterocycles. The molecular weight excluding hydrogens is 170 g/mol. The summed E-state index contributed by atoms with van der Waals surface area (Å²) < 4.78 is 0. The van der Waals surface area contributed by atoms with E-state index in [-0.39, 0.29) is 0 Å². The molecule has 1 aliphatic heterocycles. The van der Waals surface area contributed by atoms with Crippen LogP contribution in [0.25, 0.3) is 0 Å². The van der Waals surface area contributed by atoms with Gasteiger partial charge in [0.15, 0.2) is 0 Å². The predicted molar refractivity (Wildman–Crippen MR) is 61.8 cm³/mol. The fourth-order valence-electron chi connectivity index (χ4n) is 2.58. The molecule has 1 heteroatoms. The summed E-state index contributed by atoms with van der Waals surface area (Å²) >= 11 is 0. The van der Waals surface area contributed by atoms with Crippen molar-refractivity contribution in [3.8, 4) is 0 Å². The van der Waals surface area contributed by atoms with Gasteiger partial charge < -0.3 is 0 Å². The van der Waals surface area contributed by atoms with Crippen LogP contribution in [0.15, 0.2) is 4.99 Å². The fraction of sp³-hybridized carbons (Fsp3) is 0.923. The van der Waals surface area contributed by atoms with Gasteiger partial charge in [-0.2, -0.15) is 0 Å². The molecule has 0 aromatic heterocycles. The molecule has 1 heterocycles. The highest BCUT2D eigenvalue weighted by Crippen LogP contribution is 2.39. The van der Waals surface area contributed by atoms with Gasteiger partial charge in [-0.05, 0) is 49.4 Å². The molecule has 0 spiro atoms. The van der Waals surface area contributed by atoms with Crippen LogP contribution in [0.2, 0.25) is 0 Å². The minimum absolute atomic E-state index is 0.788. The smallest absolute Gasteiger partial charge is 0.0391 e. The Kier molecular flexibility index (Phi) is 2.94. The zero-order valence-electron chi connectivity index (χ0n) is 9.79. The maximum Gasteiger partial charge on any atom is 0.0391 e. The number of hydrogen-bond acceptors (Lipinski definition) is 1. The molecular formula is C13H23N. The molecule has 2 atom stereocenters. The molecule has 0 radical (unpaired) electrons. The third-order valence-corrected chi connectivity index (χ3v) is 4.08. The second-order valence-corrected chi connectivity index (χ2v) is 5.50. The van der Waals surface area contributed by atoms with Gasteiger partial charge in [0.25, 0.3) is 0 Å². The third-order valence-electron chi connectivity index (χ3n) is 4.08. The van der Waals surface area contributed by atoms with Gasteiger partial charge in [-0.15, -0.1) is 0 Å². The molecule has 0 N–H and O–H groups in total. The third kappa shape index (κ3) is 2.18. The molecule has 1 aliphatic carbocycles. The summed E-state index contributed by atoms with van der Waals surface area (Å²) in [6, 6.07) is 0. The van der Waals surface area contributed by atoms with E-state index < -0.39 is 0 Å². The van der Waals surface area contributed by atoms with Crippen molar-refractivity contribution >= 4 is 5.71 Å². The molecule has 0 aromatic rings. The number of aliphatic imine (C=N–C) groups is 1. The lowest BCUT2D eigenvalue weighted by Crippen LogP contribution is -2.25. The minimum Gasteiger partial charge on any atom is -0.294 e. The van der Waals surface area contributed by atoms with Crippen molar-refractivity contribution in [1.29, 1.82) is 0 Å². The van der Waals surface area contributed by atoms with Crippen LogP contribution in [0.4, 0.5) is 0 Å². The molecule has 2 unspecified atom stereocenters. The Balaban J connectivity index is 1.95. The molecule has 0 bridgehead atoms. The van der Waals surface area contributed by atoms with E-state index >= 15 is 0 Å². The van der Waals surface area contributed by atoms with Crippen molar-refractivity contribution in [2.24, 2.45) is 28.7 Å². The van der Waals surface area contributed by atoms with Gasteiger partial charge in [-0.25, -0.2) is 0 Å². The summed E-state index contributed by atoms with van der Waals surface area (Å²) in [5, 5.41) is 0. The molecule has 1 saturated carbocycles. The van der Waals surface area contributed by atoms with E-state index in [2.05, 4.69) is 20.8 Å². The van der Waals surface area contributed by atoms with Gasteiger partial charge in [0.1, 0.15) is 0 Å². The summed E-state index contributed by atoms with van der Waals surface area (Å²) in [6.45, 7) is 8.19. The van der Waals surface area contributed by atoms with Crippen LogP contribution in [-0.2, 0) is 0 Å². The van der Waals surface area contributed by atoms with Gasteiger partial charge in [-0.1, -0.05) is 20.8 Å². The second kappa shape index (κ2) is 4.04. The van der Waals surface area contributed by atoms with Crippen molar-refractivity contribution in [3.05, 3.63) is 0 Å². The van der Waals surface area contributed by atoms with Gasteiger partial charge in [0.2, 0.25) is 0 Å². The highest BCUT2D eigenvalue weighted by Gasteiger charge is 2.33. The minimum atomic E-state index is 0.788. The number of nitrogens with zero attached hydrogens (tertiary/aromatic N) is 1. The van der Waals surface area contributed by atoms with Gasteiger partial charge >= 0.3 is 0 Å². The second-order valence-electron chi connectivity index (χ2n) is 5.50. The largest absolute Gasteiger partial charge is 0.294 e. The summed E-state index contributed by atoms with van der Waals surface area (Å²) in [5.41, 5.74) is 1.54. The summed E-state index contributed by atoms with van der Waals surface area (Å²) in [6.07, 6.45) is 5.51. The van der Waals surface area contributed by atoms with Crippen LogP contribution in [0.1, 0.15) is 46.5 Å². The predicted octanol–water partition coefficient (Wildman–Crippen LogP) is 3.54. The molecule has 14 heavy (non-hydrogen) atoms. The molecule has 0 amide bonds. The van der Waals surface area contributed by atoms with E-state index in [4.69, 9.17) is 4.99 Å². The monoisotopic (exact) mass is 193 g/mol. The van der Waals surface area contributed by atoms with E-state index in [1.807, 2.05) is 0 Å². The Morgan fingerprint density at radius 2 is 1.79 bits per heavy atom. The lowest BCUT2D eigenvalue weighted by atomic mass is 9.82. The van der Waals surface area contributed by atoms with Crippen molar-refractivity contribution < 1.29 is 0 Å². The standard InChI is InChI=1S/C13H23N/c1-9(2)12-6-7-14-13(8-12)10(3)11-4-5-11/h9-12H,4-8H2,1-3H3. The SMILES string of the molecule is CC(C)C1CCN=C(C(C)C2CC2)C1. The Morgan fingerprint density at radius 3 is 2.36 bits per heavy atom. The van der Waals surface area contributed by atoms with E-state index in [9.17, 15) is 0 Å². The maximum absolute atomic E-state index is 4.74. The van der Waals surface area contributed by atoms with Crippen LogP contribution in [0, 0.1) is 23.7 Å². The quantitative estimate of drug-likeness (QED) is 0.650. The summed E-state index contributed by atoms with van der Waals surface area (Å²) in [4.78, 5) is 4.74. The highest BCUT2D eigenvalue weighted by molar-refractivity contribution is 5.87.